The Kier molecular flexibility index (Phi) is 5.31. The summed E-state index contributed by atoms with van der Waals surface area (Å²) in [5, 5.41) is 12.1. The molecule has 0 saturated carbocycles. The van der Waals surface area contributed by atoms with Gasteiger partial charge in [-0.05, 0) is 44.6 Å². The Balaban J connectivity index is 3.75. The SMILES string of the molecule is CC(CCNC(C)(C)C#N)CC(C)(C)C. The number of nitrogens with one attached hydrogen (secondary N) is 1. The molecule has 0 saturated heterocycles. The summed E-state index contributed by atoms with van der Waals surface area (Å²) in [5.41, 5.74) is 0.0195. The monoisotopic (exact) mass is 210 g/mol. The second kappa shape index (κ2) is 5.51. The zero-order valence-electron chi connectivity index (χ0n) is 11.1. The highest BCUT2D eigenvalue weighted by molar-refractivity contribution is 4.99. The molecule has 0 aliphatic rings. The Morgan fingerprint density at radius 2 is 1.73 bits per heavy atom. The first-order chi connectivity index (χ1) is 6.66. The van der Waals surface area contributed by atoms with Crippen LogP contribution in [0.2, 0.25) is 0 Å². The van der Waals surface area contributed by atoms with Crippen LogP contribution in [-0.4, -0.2) is 12.1 Å². The Bertz CT molecular complexity index is 218. The van der Waals surface area contributed by atoms with Crippen molar-refractivity contribution in [1.29, 1.82) is 5.26 Å². The van der Waals surface area contributed by atoms with Gasteiger partial charge in [0, 0.05) is 0 Å². The Hall–Kier alpha value is -0.550. The molecule has 1 unspecified atom stereocenters. The lowest BCUT2D eigenvalue weighted by atomic mass is 9.84. The zero-order valence-corrected chi connectivity index (χ0v) is 11.1. The molecule has 0 rings (SSSR count). The van der Waals surface area contributed by atoms with E-state index in [4.69, 9.17) is 5.26 Å². The number of hydrogen-bond acceptors (Lipinski definition) is 2. The molecule has 2 heteroatoms. The molecule has 0 aromatic rings. The van der Waals surface area contributed by atoms with E-state index in [9.17, 15) is 0 Å². The van der Waals surface area contributed by atoms with Crippen LogP contribution in [-0.2, 0) is 0 Å². The van der Waals surface area contributed by atoms with E-state index in [1.54, 1.807) is 0 Å². The summed E-state index contributed by atoms with van der Waals surface area (Å²) in [5.74, 6) is 0.715. The zero-order chi connectivity index (χ0) is 12.1. The maximum Gasteiger partial charge on any atom is 0.101 e. The molecule has 0 bridgehead atoms. The summed E-state index contributed by atoms with van der Waals surface area (Å²) in [4.78, 5) is 0. The van der Waals surface area contributed by atoms with Gasteiger partial charge in [0.2, 0.25) is 0 Å². The molecular formula is C13H26N2. The summed E-state index contributed by atoms with van der Waals surface area (Å²) in [6.45, 7) is 13.9. The van der Waals surface area contributed by atoms with Gasteiger partial charge in [-0.15, -0.1) is 0 Å². The molecular weight excluding hydrogens is 184 g/mol. The number of hydrogen-bond donors (Lipinski definition) is 1. The fourth-order valence-corrected chi connectivity index (χ4v) is 1.82. The molecule has 1 N–H and O–H groups in total. The largest absolute Gasteiger partial charge is 0.300 e. The summed E-state index contributed by atoms with van der Waals surface area (Å²) >= 11 is 0. The first kappa shape index (κ1) is 14.5. The Morgan fingerprint density at radius 1 is 1.20 bits per heavy atom. The smallest absolute Gasteiger partial charge is 0.101 e. The maximum atomic E-state index is 8.83. The van der Waals surface area contributed by atoms with E-state index < -0.39 is 0 Å². The normalized spacial score (nSPS) is 14.7. The van der Waals surface area contributed by atoms with Gasteiger partial charge in [0.15, 0.2) is 0 Å². The third kappa shape index (κ3) is 8.44. The molecule has 0 aromatic carbocycles. The molecule has 0 heterocycles. The van der Waals surface area contributed by atoms with Crippen molar-refractivity contribution in [3.8, 4) is 6.07 Å². The van der Waals surface area contributed by atoms with E-state index in [1.807, 2.05) is 13.8 Å². The van der Waals surface area contributed by atoms with Crippen molar-refractivity contribution in [3.63, 3.8) is 0 Å². The average molecular weight is 210 g/mol. The second-order valence-electron chi connectivity index (χ2n) is 6.32. The van der Waals surface area contributed by atoms with Gasteiger partial charge in [-0.3, -0.25) is 5.32 Å². The van der Waals surface area contributed by atoms with E-state index in [0.29, 0.717) is 11.3 Å². The predicted octanol–water partition coefficient (Wildman–Crippen LogP) is 3.34. The van der Waals surface area contributed by atoms with Crippen molar-refractivity contribution >= 4 is 0 Å². The van der Waals surface area contributed by atoms with Crippen LogP contribution < -0.4 is 5.32 Å². The van der Waals surface area contributed by atoms with Crippen molar-refractivity contribution in [2.24, 2.45) is 11.3 Å². The van der Waals surface area contributed by atoms with Crippen LogP contribution in [0.15, 0.2) is 0 Å². The number of nitriles is 1. The minimum atomic E-state index is -0.387. The number of rotatable bonds is 5. The predicted molar refractivity (Wildman–Crippen MR) is 65.5 cm³/mol. The van der Waals surface area contributed by atoms with Gasteiger partial charge < -0.3 is 0 Å². The minimum absolute atomic E-state index is 0.387. The van der Waals surface area contributed by atoms with Crippen molar-refractivity contribution < 1.29 is 0 Å². The Labute approximate surface area is 95.1 Å². The minimum Gasteiger partial charge on any atom is -0.300 e. The molecule has 0 aliphatic heterocycles. The molecule has 0 fully saturated rings. The highest BCUT2D eigenvalue weighted by atomic mass is 14.9. The molecule has 88 valence electrons. The van der Waals surface area contributed by atoms with Crippen LogP contribution in [0.5, 0.6) is 0 Å². The van der Waals surface area contributed by atoms with Gasteiger partial charge in [-0.1, -0.05) is 27.7 Å². The van der Waals surface area contributed by atoms with Gasteiger partial charge in [-0.25, -0.2) is 0 Å². The number of nitrogens with zero attached hydrogens (tertiary/aromatic N) is 1. The molecule has 0 radical (unpaired) electrons. The molecule has 2 nitrogen and oxygen atoms in total. The summed E-state index contributed by atoms with van der Waals surface area (Å²) < 4.78 is 0. The van der Waals surface area contributed by atoms with E-state index in [1.165, 1.54) is 6.42 Å². The first-order valence-electron chi connectivity index (χ1n) is 5.82. The first-order valence-corrected chi connectivity index (χ1v) is 5.82. The van der Waals surface area contributed by atoms with Gasteiger partial charge in [0.25, 0.3) is 0 Å². The van der Waals surface area contributed by atoms with E-state index in [0.717, 1.165) is 13.0 Å². The van der Waals surface area contributed by atoms with E-state index in [-0.39, 0.29) is 5.54 Å². The Morgan fingerprint density at radius 3 is 2.13 bits per heavy atom. The van der Waals surface area contributed by atoms with Gasteiger partial charge in [0.05, 0.1) is 6.07 Å². The topological polar surface area (TPSA) is 35.8 Å². The molecule has 1 atom stereocenters. The van der Waals surface area contributed by atoms with Crippen LogP contribution in [0, 0.1) is 22.7 Å². The average Bonchev–Trinajstić information content (AvgIpc) is 2.00. The lowest BCUT2D eigenvalue weighted by Gasteiger charge is -2.24. The van der Waals surface area contributed by atoms with Crippen molar-refractivity contribution in [1.82, 2.24) is 5.32 Å². The third-order valence-electron chi connectivity index (χ3n) is 2.44. The van der Waals surface area contributed by atoms with Crippen molar-refractivity contribution in [2.75, 3.05) is 6.54 Å². The van der Waals surface area contributed by atoms with Crippen molar-refractivity contribution in [3.05, 3.63) is 0 Å². The van der Waals surface area contributed by atoms with Crippen LogP contribution in [0.1, 0.15) is 54.4 Å². The molecule has 0 spiro atoms. The summed E-state index contributed by atoms with van der Waals surface area (Å²) in [6, 6.07) is 2.25. The van der Waals surface area contributed by atoms with Crippen LogP contribution in [0.4, 0.5) is 0 Å². The fraction of sp³-hybridized carbons (Fsp3) is 0.923. The molecule has 0 amide bonds. The lowest BCUT2D eigenvalue weighted by molar-refractivity contribution is 0.290. The highest BCUT2D eigenvalue weighted by Gasteiger charge is 2.17. The van der Waals surface area contributed by atoms with Gasteiger partial charge in [-0.2, -0.15) is 5.26 Å². The van der Waals surface area contributed by atoms with Crippen LogP contribution in [0.25, 0.3) is 0 Å². The van der Waals surface area contributed by atoms with E-state index >= 15 is 0 Å². The van der Waals surface area contributed by atoms with Crippen LogP contribution in [0.3, 0.4) is 0 Å². The van der Waals surface area contributed by atoms with Crippen LogP contribution >= 0.6 is 0 Å². The third-order valence-corrected chi connectivity index (χ3v) is 2.44. The summed E-state index contributed by atoms with van der Waals surface area (Å²) in [6.07, 6.45) is 2.38. The maximum absolute atomic E-state index is 8.83. The fourth-order valence-electron chi connectivity index (χ4n) is 1.82. The molecule has 0 aromatic heterocycles. The molecule has 0 aliphatic carbocycles. The second-order valence-corrected chi connectivity index (χ2v) is 6.32. The molecule has 15 heavy (non-hydrogen) atoms. The van der Waals surface area contributed by atoms with Gasteiger partial charge >= 0.3 is 0 Å². The summed E-state index contributed by atoms with van der Waals surface area (Å²) in [7, 11) is 0. The highest BCUT2D eigenvalue weighted by Crippen LogP contribution is 2.25. The van der Waals surface area contributed by atoms with E-state index in [2.05, 4.69) is 39.1 Å². The van der Waals surface area contributed by atoms with Gasteiger partial charge in [0.1, 0.15) is 5.54 Å². The standard InChI is InChI=1S/C13H26N2/c1-11(9-12(2,3)4)7-8-15-13(5,6)10-14/h11,15H,7-9H2,1-6H3. The lowest BCUT2D eigenvalue weighted by Crippen LogP contribution is -2.38. The van der Waals surface area contributed by atoms with Crippen molar-refractivity contribution in [2.45, 2.75) is 59.9 Å². The quantitative estimate of drug-likeness (QED) is 0.755.